The van der Waals surface area contributed by atoms with E-state index in [2.05, 4.69) is 30.6 Å². The maximum atomic E-state index is 14.7. The van der Waals surface area contributed by atoms with Crippen molar-refractivity contribution in [3.05, 3.63) is 42.0 Å². The van der Waals surface area contributed by atoms with Crippen molar-refractivity contribution in [1.29, 1.82) is 0 Å². The summed E-state index contributed by atoms with van der Waals surface area (Å²) in [6, 6.07) is 2.22. The Morgan fingerprint density at radius 1 is 1.16 bits per heavy atom. The molecular weight excluding hydrogens is 487 g/mol. The van der Waals surface area contributed by atoms with E-state index >= 15 is 0 Å². The number of nitrogens with one attached hydrogen (secondary N) is 2. The molecule has 0 bridgehead atoms. The summed E-state index contributed by atoms with van der Waals surface area (Å²) in [7, 11) is 0. The van der Waals surface area contributed by atoms with Crippen LogP contribution >= 0.6 is 0 Å². The number of aliphatic hydroxyl groups excluding tert-OH is 1. The number of amides is 1. The van der Waals surface area contributed by atoms with Crippen molar-refractivity contribution in [2.45, 2.75) is 63.3 Å². The van der Waals surface area contributed by atoms with Crippen LogP contribution in [0.4, 0.5) is 30.8 Å². The zero-order valence-corrected chi connectivity index (χ0v) is 20.7. The van der Waals surface area contributed by atoms with E-state index in [-0.39, 0.29) is 31.0 Å². The van der Waals surface area contributed by atoms with Crippen molar-refractivity contribution in [2.24, 2.45) is 0 Å². The molecule has 4 heterocycles. The molecule has 5 rings (SSSR count). The number of halogens is 3. The average molecular weight is 516 g/mol. The second kappa shape index (κ2) is 9.09. The second-order valence-corrected chi connectivity index (χ2v) is 10.2. The number of aliphatic hydroxyl groups is 1. The molecule has 3 atom stereocenters. The van der Waals surface area contributed by atoms with Gasteiger partial charge in [0.2, 0.25) is 5.95 Å². The normalized spacial score (nSPS) is 24.8. The molecule has 2 fully saturated rings. The number of fused-ring (bicyclic) bond motifs is 1. The van der Waals surface area contributed by atoms with Crippen LogP contribution in [0.5, 0.6) is 0 Å². The van der Waals surface area contributed by atoms with Crippen molar-refractivity contribution in [3.8, 4) is 0 Å². The Kier molecular flexibility index (Phi) is 6.17. The van der Waals surface area contributed by atoms with Gasteiger partial charge in [-0.1, -0.05) is 13.8 Å². The maximum absolute atomic E-state index is 14.7. The number of rotatable bonds is 6. The third-order valence-electron chi connectivity index (χ3n) is 6.82. The molecule has 0 spiro atoms. The average Bonchev–Trinajstić information content (AvgIpc) is 3.45. The van der Waals surface area contributed by atoms with E-state index in [1.165, 1.54) is 13.1 Å². The maximum Gasteiger partial charge on any atom is 0.271 e. The zero-order chi connectivity index (χ0) is 26.5. The lowest BCUT2D eigenvalue weighted by Gasteiger charge is -2.38. The van der Waals surface area contributed by atoms with Crippen LogP contribution in [0.3, 0.4) is 0 Å². The number of anilines is 3. The van der Waals surface area contributed by atoms with E-state index in [4.69, 9.17) is 0 Å². The number of alkyl halides is 3. The number of piperidine rings is 1. The zero-order valence-electron chi connectivity index (χ0n) is 20.7. The molecular formula is C25H28F3N7O2. The van der Waals surface area contributed by atoms with E-state index in [1.807, 2.05) is 13.8 Å². The molecule has 1 aliphatic carbocycles. The van der Waals surface area contributed by atoms with Gasteiger partial charge in [-0.05, 0) is 42.3 Å². The molecule has 1 saturated heterocycles. The van der Waals surface area contributed by atoms with E-state index < -0.39 is 29.6 Å². The first-order valence-corrected chi connectivity index (χ1v) is 12.1. The Hall–Kier alpha value is -3.54. The standard InChI is InChI=1S/C25H28F3N7O2/c1-13(2)15-10-31-21(22(37)32-17-9-25(17,27)28)16-11-30-20(8-14(15)16)33-19-4-6-29-23(34-19)35-7-5-18(36)24(3,26)12-35/h4,6,8,10-11,13,17-18,36H,5,7,9,12H2,1-3H3,(H,32,37)(H,29,30,33,34)/t17-,18+,24-/m0/s1. The molecule has 1 saturated carbocycles. The van der Waals surface area contributed by atoms with Crippen molar-refractivity contribution >= 4 is 34.3 Å². The van der Waals surface area contributed by atoms with Crippen LogP contribution in [-0.2, 0) is 0 Å². The van der Waals surface area contributed by atoms with Gasteiger partial charge in [0.05, 0.1) is 18.7 Å². The van der Waals surface area contributed by atoms with Gasteiger partial charge in [-0.3, -0.25) is 9.78 Å². The summed E-state index contributed by atoms with van der Waals surface area (Å²) in [5, 5.41) is 16.5. The molecule has 3 N–H and O–H groups in total. The second-order valence-electron chi connectivity index (χ2n) is 10.2. The highest BCUT2D eigenvalue weighted by Crippen LogP contribution is 2.42. The minimum atomic E-state index is -2.88. The Morgan fingerprint density at radius 3 is 2.59 bits per heavy atom. The largest absolute Gasteiger partial charge is 0.390 e. The lowest BCUT2D eigenvalue weighted by atomic mass is 9.94. The third kappa shape index (κ3) is 5.02. The molecule has 3 aromatic rings. The lowest BCUT2D eigenvalue weighted by molar-refractivity contribution is -0.00860. The van der Waals surface area contributed by atoms with Crippen LogP contribution in [0, 0.1) is 0 Å². The summed E-state index contributed by atoms with van der Waals surface area (Å²) in [4.78, 5) is 31.8. The smallest absolute Gasteiger partial charge is 0.271 e. The highest BCUT2D eigenvalue weighted by atomic mass is 19.3. The quantitative estimate of drug-likeness (QED) is 0.455. The predicted octanol–water partition coefficient (Wildman–Crippen LogP) is 3.72. The lowest BCUT2D eigenvalue weighted by Crippen LogP contribution is -2.52. The van der Waals surface area contributed by atoms with Gasteiger partial charge in [-0.2, -0.15) is 4.98 Å². The van der Waals surface area contributed by atoms with Crippen LogP contribution < -0.4 is 15.5 Å². The number of carbonyl (C=O) groups is 1. The number of pyridine rings is 2. The third-order valence-corrected chi connectivity index (χ3v) is 6.82. The van der Waals surface area contributed by atoms with Crippen LogP contribution in [0.1, 0.15) is 55.6 Å². The number of hydrogen-bond donors (Lipinski definition) is 3. The summed E-state index contributed by atoms with van der Waals surface area (Å²) in [5.41, 5.74) is -0.871. The number of aromatic nitrogens is 4. The van der Waals surface area contributed by atoms with Crippen molar-refractivity contribution in [1.82, 2.24) is 25.3 Å². The Bertz CT molecular complexity index is 1350. The van der Waals surface area contributed by atoms with Crippen LogP contribution in [-0.4, -0.2) is 67.8 Å². The summed E-state index contributed by atoms with van der Waals surface area (Å²) >= 11 is 0. The fourth-order valence-corrected chi connectivity index (χ4v) is 4.47. The van der Waals surface area contributed by atoms with Crippen LogP contribution in [0.15, 0.2) is 30.7 Å². The molecule has 1 aliphatic heterocycles. The first-order valence-electron chi connectivity index (χ1n) is 12.1. The molecule has 196 valence electrons. The van der Waals surface area contributed by atoms with E-state index in [9.17, 15) is 23.1 Å². The number of nitrogens with zero attached hydrogens (tertiary/aromatic N) is 5. The summed E-state index contributed by atoms with van der Waals surface area (Å²) < 4.78 is 41.3. The molecule has 0 aromatic carbocycles. The number of carbonyl (C=O) groups excluding carboxylic acids is 1. The monoisotopic (exact) mass is 515 g/mol. The van der Waals surface area contributed by atoms with E-state index in [0.29, 0.717) is 34.9 Å². The van der Waals surface area contributed by atoms with Crippen molar-refractivity contribution in [2.75, 3.05) is 23.3 Å². The van der Waals surface area contributed by atoms with Crippen LogP contribution in [0.25, 0.3) is 10.8 Å². The fourth-order valence-electron chi connectivity index (χ4n) is 4.47. The highest BCUT2D eigenvalue weighted by molar-refractivity contribution is 6.06. The summed E-state index contributed by atoms with van der Waals surface area (Å²) in [6.07, 6.45) is 3.46. The van der Waals surface area contributed by atoms with Gasteiger partial charge in [0.15, 0.2) is 5.67 Å². The van der Waals surface area contributed by atoms with E-state index in [1.54, 1.807) is 29.4 Å². The van der Waals surface area contributed by atoms with Gasteiger partial charge in [0.25, 0.3) is 11.8 Å². The Balaban J connectivity index is 1.42. The predicted molar refractivity (Wildman–Crippen MR) is 132 cm³/mol. The molecule has 0 radical (unpaired) electrons. The molecule has 37 heavy (non-hydrogen) atoms. The first-order chi connectivity index (χ1) is 17.4. The summed E-state index contributed by atoms with van der Waals surface area (Å²) in [5.74, 6) is -2.29. The van der Waals surface area contributed by atoms with Gasteiger partial charge in [-0.25, -0.2) is 23.1 Å². The molecule has 1 amide bonds. The molecule has 0 unspecified atom stereocenters. The van der Waals surface area contributed by atoms with Gasteiger partial charge < -0.3 is 20.6 Å². The van der Waals surface area contributed by atoms with Gasteiger partial charge in [-0.15, -0.1) is 0 Å². The molecule has 2 aliphatic rings. The molecule has 12 heteroatoms. The van der Waals surface area contributed by atoms with Crippen LogP contribution in [0.2, 0.25) is 0 Å². The fraction of sp³-hybridized carbons (Fsp3) is 0.480. The summed E-state index contributed by atoms with van der Waals surface area (Å²) in [6.45, 7) is 5.71. The first kappa shape index (κ1) is 25.1. The van der Waals surface area contributed by atoms with E-state index in [0.717, 1.165) is 5.56 Å². The number of hydrogen-bond acceptors (Lipinski definition) is 8. The van der Waals surface area contributed by atoms with Crippen molar-refractivity contribution < 1.29 is 23.1 Å². The highest BCUT2D eigenvalue weighted by Gasteiger charge is 2.58. The molecule has 9 nitrogen and oxygen atoms in total. The Morgan fingerprint density at radius 2 is 1.92 bits per heavy atom. The SMILES string of the molecule is CC(C)c1cnc(C(=O)N[C@H]2CC2(F)F)c2cnc(Nc3ccnc(N4CC[C@@H](O)[C@@](C)(F)C4)n3)cc12. The minimum Gasteiger partial charge on any atom is -0.390 e. The van der Waals surface area contributed by atoms with Gasteiger partial charge in [0, 0.05) is 36.9 Å². The minimum absolute atomic E-state index is 0.0335. The molecule has 3 aromatic heterocycles. The topological polar surface area (TPSA) is 116 Å². The van der Waals surface area contributed by atoms with Gasteiger partial charge >= 0.3 is 0 Å². The Labute approximate surface area is 211 Å². The van der Waals surface area contributed by atoms with Gasteiger partial charge in [0.1, 0.15) is 17.3 Å². The van der Waals surface area contributed by atoms with Crippen molar-refractivity contribution in [3.63, 3.8) is 0 Å².